The van der Waals surface area contributed by atoms with Crippen molar-refractivity contribution in [2.75, 3.05) is 27.2 Å². The fourth-order valence-electron chi connectivity index (χ4n) is 1.38. The zero-order valence-electron chi connectivity index (χ0n) is 10.5. The third kappa shape index (κ3) is 9.73. The predicted octanol–water partition coefficient (Wildman–Crippen LogP) is 2.02. The van der Waals surface area contributed by atoms with Gasteiger partial charge in [-0.25, -0.2) is 0 Å². The standard InChI is InChI=1S/C12H26N2O/c1-4-5-6-7-8-9-10-13-11-12(15)14(2)3/h13H,4-11H2,1-3H3. The van der Waals surface area contributed by atoms with Gasteiger partial charge in [-0.3, -0.25) is 4.79 Å². The molecule has 1 amide bonds. The second-order valence-electron chi connectivity index (χ2n) is 4.23. The monoisotopic (exact) mass is 214 g/mol. The second kappa shape index (κ2) is 9.97. The third-order valence-corrected chi connectivity index (χ3v) is 2.48. The van der Waals surface area contributed by atoms with E-state index >= 15 is 0 Å². The van der Waals surface area contributed by atoms with Crippen LogP contribution in [0.3, 0.4) is 0 Å². The van der Waals surface area contributed by atoms with Crippen LogP contribution in [0.25, 0.3) is 0 Å². The molecule has 0 heterocycles. The molecule has 90 valence electrons. The molecule has 0 atom stereocenters. The molecule has 0 aliphatic rings. The molecular weight excluding hydrogens is 188 g/mol. The van der Waals surface area contributed by atoms with E-state index in [2.05, 4.69) is 12.2 Å². The highest BCUT2D eigenvalue weighted by Gasteiger charge is 2.01. The lowest BCUT2D eigenvalue weighted by Crippen LogP contribution is -2.33. The minimum atomic E-state index is 0.154. The molecule has 0 rings (SSSR count). The van der Waals surface area contributed by atoms with Crippen molar-refractivity contribution in [3.63, 3.8) is 0 Å². The average Bonchev–Trinajstić information content (AvgIpc) is 2.21. The Kier molecular flexibility index (Phi) is 9.59. The van der Waals surface area contributed by atoms with Gasteiger partial charge >= 0.3 is 0 Å². The maximum absolute atomic E-state index is 11.2. The number of nitrogens with zero attached hydrogens (tertiary/aromatic N) is 1. The summed E-state index contributed by atoms with van der Waals surface area (Å²) < 4.78 is 0. The van der Waals surface area contributed by atoms with Gasteiger partial charge in [-0.15, -0.1) is 0 Å². The Balaban J connectivity index is 3.08. The Morgan fingerprint density at radius 3 is 2.27 bits per heavy atom. The number of hydrogen-bond acceptors (Lipinski definition) is 2. The fourth-order valence-corrected chi connectivity index (χ4v) is 1.38. The molecule has 0 saturated heterocycles. The highest BCUT2D eigenvalue weighted by atomic mass is 16.2. The molecule has 15 heavy (non-hydrogen) atoms. The van der Waals surface area contributed by atoms with E-state index in [9.17, 15) is 4.79 Å². The number of rotatable bonds is 9. The van der Waals surface area contributed by atoms with Crippen molar-refractivity contribution in [2.24, 2.45) is 0 Å². The van der Waals surface area contributed by atoms with Crippen molar-refractivity contribution in [3.05, 3.63) is 0 Å². The van der Waals surface area contributed by atoms with Gasteiger partial charge in [0.05, 0.1) is 6.54 Å². The van der Waals surface area contributed by atoms with Crippen LogP contribution < -0.4 is 5.32 Å². The highest BCUT2D eigenvalue weighted by molar-refractivity contribution is 5.77. The van der Waals surface area contributed by atoms with Gasteiger partial charge in [0.15, 0.2) is 0 Å². The topological polar surface area (TPSA) is 32.3 Å². The first-order valence-corrected chi connectivity index (χ1v) is 6.09. The molecule has 0 bridgehead atoms. The van der Waals surface area contributed by atoms with Crippen molar-refractivity contribution in [1.82, 2.24) is 10.2 Å². The lowest BCUT2D eigenvalue weighted by atomic mass is 10.1. The van der Waals surface area contributed by atoms with Crippen LogP contribution in [0.2, 0.25) is 0 Å². The Bertz CT molecular complexity index is 158. The Morgan fingerprint density at radius 1 is 1.07 bits per heavy atom. The van der Waals surface area contributed by atoms with E-state index in [1.807, 2.05) is 0 Å². The average molecular weight is 214 g/mol. The molecule has 0 aliphatic carbocycles. The molecule has 0 aromatic carbocycles. The van der Waals surface area contributed by atoms with E-state index in [0.29, 0.717) is 6.54 Å². The lowest BCUT2D eigenvalue weighted by Gasteiger charge is -2.10. The molecule has 1 N–H and O–H groups in total. The smallest absolute Gasteiger partial charge is 0.236 e. The van der Waals surface area contributed by atoms with Crippen LogP contribution in [0, 0.1) is 0 Å². The Labute approximate surface area is 94.2 Å². The van der Waals surface area contributed by atoms with Gasteiger partial charge in [0.1, 0.15) is 0 Å². The predicted molar refractivity (Wildman–Crippen MR) is 64.9 cm³/mol. The molecule has 3 heteroatoms. The molecule has 0 fully saturated rings. The van der Waals surface area contributed by atoms with E-state index in [1.165, 1.54) is 38.5 Å². The largest absolute Gasteiger partial charge is 0.348 e. The van der Waals surface area contributed by atoms with Crippen LogP contribution in [0.5, 0.6) is 0 Å². The normalized spacial score (nSPS) is 10.3. The number of nitrogens with one attached hydrogen (secondary N) is 1. The van der Waals surface area contributed by atoms with E-state index < -0.39 is 0 Å². The quantitative estimate of drug-likeness (QED) is 0.596. The van der Waals surface area contributed by atoms with Crippen molar-refractivity contribution in [2.45, 2.75) is 45.4 Å². The van der Waals surface area contributed by atoms with Crippen molar-refractivity contribution in [1.29, 1.82) is 0 Å². The van der Waals surface area contributed by atoms with Gasteiger partial charge < -0.3 is 10.2 Å². The van der Waals surface area contributed by atoms with Gasteiger partial charge in [0, 0.05) is 14.1 Å². The number of amides is 1. The fraction of sp³-hybridized carbons (Fsp3) is 0.917. The first kappa shape index (κ1) is 14.4. The molecule has 0 radical (unpaired) electrons. The summed E-state index contributed by atoms with van der Waals surface area (Å²) in [4.78, 5) is 12.8. The molecule has 0 aromatic rings. The number of carbonyl (C=O) groups excluding carboxylic acids is 1. The first-order chi connectivity index (χ1) is 7.18. The molecule has 0 unspecified atom stereocenters. The summed E-state index contributed by atoms with van der Waals surface area (Å²) in [5.74, 6) is 0.154. The van der Waals surface area contributed by atoms with Crippen molar-refractivity contribution in [3.8, 4) is 0 Å². The maximum atomic E-state index is 11.2. The van der Waals surface area contributed by atoms with Gasteiger partial charge in [0.2, 0.25) is 5.91 Å². The van der Waals surface area contributed by atoms with Gasteiger partial charge in [-0.2, -0.15) is 0 Å². The number of carbonyl (C=O) groups is 1. The summed E-state index contributed by atoms with van der Waals surface area (Å²) in [5.41, 5.74) is 0. The second-order valence-corrected chi connectivity index (χ2v) is 4.23. The zero-order valence-corrected chi connectivity index (χ0v) is 10.5. The van der Waals surface area contributed by atoms with E-state index in [0.717, 1.165) is 6.54 Å². The summed E-state index contributed by atoms with van der Waals surface area (Å²) >= 11 is 0. The molecule has 0 spiro atoms. The Hall–Kier alpha value is -0.570. The van der Waals surface area contributed by atoms with Gasteiger partial charge in [0.25, 0.3) is 0 Å². The SMILES string of the molecule is CCCCCCCCNCC(=O)N(C)C. The third-order valence-electron chi connectivity index (χ3n) is 2.48. The van der Waals surface area contributed by atoms with Crippen LogP contribution in [0.1, 0.15) is 45.4 Å². The van der Waals surface area contributed by atoms with E-state index in [-0.39, 0.29) is 5.91 Å². The number of unbranched alkanes of at least 4 members (excludes halogenated alkanes) is 5. The van der Waals surface area contributed by atoms with Crippen LogP contribution >= 0.6 is 0 Å². The van der Waals surface area contributed by atoms with Gasteiger partial charge in [-0.05, 0) is 13.0 Å². The zero-order chi connectivity index (χ0) is 11.5. The van der Waals surface area contributed by atoms with Crippen LogP contribution in [-0.4, -0.2) is 38.0 Å². The van der Waals surface area contributed by atoms with Crippen LogP contribution in [0.4, 0.5) is 0 Å². The van der Waals surface area contributed by atoms with Crippen molar-refractivity contribution < 1.29 is 4.79 Å². The van der Waals surface area contributed by atoms with Crippen LogP contribution in [0.15, 0.2) is 0 Å². The molecule has 3 nitrogen and oxygen atoms in total. The molecule has 0 aromatic heterocycles. The number of hydrogen-bond donors (Lipinski definition) is 1. The summed E-state index contributed by atoms with van der Waals surface area (Å²) in [7, 11) is 3.57. The molecule has 0 aliphatic heterocycles. The van der Waals surface area contributed by atoms with E-state index in [1.54, 1.807) is 19.0 Å². The molecule has 0 saturated carbocycles. The highest BCUT2D eigenvalue weighted by Crippen LogP contribution is 2.03. The summed E-state index contributed by atoms with van der Waals surface area (Å²) in [6.07, 6.45) is 7.81. The lowest BCUT2D eigenvalue weighted by molar-refractivity contribution is -0.127. The maximum Gasteiger partial charge on any atom is 0.236 e. The van der Waals surface area contributed by atoms with Gasteiger partial charge in [-0.1, -0.05) is 39.0 Å². The van der Waals surface area contributed by atoms with E-state index in [4.69, 9.17) is 0 Å². The Morgan fingerprint density at radius 2 is 1.67 bits per heavy atom. The molecular formula is C12H26N2O. The summed E-state index contributed by atoms with van der Waals surface area (Å²) in [6, 6.07) is 0. The summed E-state index contributed by atoms with van der Waals surface area (Å²) in [6.45, 7) is 3.67. The minimum absolute atomic E-state index is 0.154. The van der Waals surface area contributed by atoms with Crippen LogP contribution in [-0.2, 0) is 4.79 Å². The number of likely N-dealkylation sites (N-methyl/N-ethyl adjacent to an activating group) is 1. The first-order valence-electron chi connectivity index (χ1n) is 6.09. The van der Waals surface area contributed by atoms with Crippen molar-refractivity contribution >= 4 is 5.91 Å². The minimum Gasteiger partial charge on any atom is -0.348 e. The summed E-state index contributed by atoms with van der Waals surface area (Å²) in [5, 5.41) is 3.17.